The van der Waals surface area contributed by atoms with Crippen molar-refractivity contribution >= 4 is 29.1 Å². The molecule has 2 amide bonds. The van der Waals surface area contributed by atoms with Crippen LogP contribution in [0.5, 0.6) is 11.5 Å². The number of rotatable bonds is 8. The predicted octanol–water partition coefficient (Wildman–Crippen LogP) is 4.32. The molecule has 0 saturated carbocycles. The summed E-state index contributed by atoms with van der Waals surface area (Å²) in [5.74, 6) is 0.912. The fraction of sp³-hybridized carbons (Fsp3) is 0.348. The molecule has 2 atom stereocenters. The summed E-state index contributed by atoms with van der Waals surface area (Å²) in [6, 6.07) is 16.4. The lowest BCUT2D eigenvalue weighted by molar-refractivity contribution is -0.144. The van der Waals surface area contributed by atoms with Crippen LogP contribution in [0.4, 0.5) is 4.79 Å². The number of amides is 2. The molecule has 3 rings (SSSR count). The van der Waals surface area contributed by atoms with E-state index in [1.807, 2.05) is 54.6 Å². The van der Waals surface area contributed by atoms with E-state index in [4.69, 9.17) is 9.47 Å². The van der Waals surface area contributed by atoms with Gasteiger partial charge in [-0.1, -0.05) is 30.3 Å². The van der Waals surface area contributed by atoms with E-state index in [0.29, 0.717) is 19.3 Å². The second-order valence-corrected chi connectivity index (χ2v) is 8.12. The fourth-order valence-corrected chi connectivity index (χ4v) is 4.17. The van der Waals surface area contributed by atoms with Crippen molar-refractivity contribution in [1.82, 2.24) is 9.62 Å². The molecule has 7 nitrogen and oxygen atoms in total. The van der Waals surface area contributed by atoms with Crippen molar-refractivity contribution < 1.29 is 23.9 Å². The summed E-state index contributed by atoms with van der Waals surface area (Å²) in [6.45, 7) is 3.50. The third kappa shape index (κ3) is 6.49. The van der Waals surface area contributed by atoms with E-state index in [1.165, 1.54) is 4.31 Å². The normalized spacial score (nSPS) is 16.6. The lowest BCUT2D eigenvalue weighted by Crippen LogP contribution is -2.40. The molecular weight excluding hydrogens is 416 g/mol. The third-order valence-corrected chi connectivity index (χ3v) is 5.78. The van der Waals surface area contributed by atoms with Gasteiger partial charge in [0, 0.05) is 12.5 Å². The van der Waals surface area contributed by atoms with Crippen molar-refractivity contribution in [1.29, 1.82) is 0 Å². The molecule has 164 valence electrons. The van der Waals surface area contributed by atoms with Crippen molar-refractivity contribution in [3.8, 4) is 11.5 Å². The van der Waals surface area contributed by atoms with Gasteiger partial charge in [-0.2, -0.15) is 0 Å². The Balaban J connectivity index is 1.56. The van der Waals surface area contributed by atoms with E-state index in [9.17, 15) is 14.4 Å². The minimum absolute atomic E-state index is 0.0852. The molecule has 0 aromatic heterocycles. The summed E-state index contributed by atoms with van der Waals surface area (Å²) in [7, 11) is 0. The second kappa shape index (κ2) is 10.9. The molecule has 2 aromatic carbocycles. The molecule has 0 bridgehead atoms. The maximum absolute atomic E-state index is 12.3. The van der Waals surface area contributed by atoms with Crippen LogP contribution in [0.2, 0.25) is 0 Å². The summed E-state index contributed by atoms with van der Waals surface area (Å²) >= 11 is 0.813. The molecule has 1 heterocycles. The number of hydrogen-bond acceptors (Lipinski definition) is 6. The Kier molecular flexibility index (Phi) is 7.94. The molecule has 0 aliphatic carbocycles. The highest BCUT2D eigenvalue weighted by molar-refractivity contribution is 8.12. The molecule has 1 N–H and O–H groups in total. The van der Waals surface area contributed by atoms with Crippen molar-refractivity contribution in [2.45, 2.75) is 45.2 Å². The van der Waals surface area contributed by atoms with Gasteiger partial charge < -0.3 is 14.8 Å². The number of para-hydroxylation sites is 1. The van der Waals surface area contributed by atoms with Crippen LogP contribution < -0.4 is 10.1 Å². The van der Waals surface area contributed by atoms with Gasteiger partial charge >= 0.3 is 11.2 Å². The van der Waals surface area contributed by atoms with Gasteiger partial charge in [-0.25, -0.2) is 4.79 Å². The van der Waals surface area contributed by atoms with Crippen LogP contribution >= 0.6 is 11.9 Å². The molecule has 1 aliphatic heterocycles. The number of carbonyl (C=O) groups excluding carboxylic acids is 3. The first kappa shape index (κ1) is 22.7. The van der Waals surface area contributed by atoms with E-state index in [-0.39, 0.29) is 18.6 Å². The van der Waals surface area contributed by atoms with Crippen LogP contribution in [0.1, 0.15) is 32.3 Å². The van der Waals surface area contributed by atoms with E-state index in [1.54, 1.807) is 13.8 Å². The van der Waals surface area contributed by atoms with Gasteiger partial charge in [-0.15, -0.1) is 0 Å². The zero-order valence-electron chi connectivity index (χ0n) is 17.6. The van der Waals surface area contributed by atoms with Crippen molar-refractivity contribution in [2.75, 3.05) is 6.61 Å². The number of nitrogens with one attached hydrogen (secondary N) is 1. The van der Waals surface area contributed by atoms with Crippen LogP contribution in [0.3, 0.4) is 0 Å². The first-order valence-corrected chi connectivity index (χ1v) is 11.0. The topological polar surface area (TPSA) is 84.9 Å². The number of carbonyl (C=O) groups is 3. The first-order chi connectivity index (χ1) is 15.0. The smallest absolute Gasteiger partial charge is 0.328 e. The van der Waals surface area contributed by atoms with E-state index in [0.717, 1.165) is 29.0 Å². The lowest BCUT2D eigenvalue weighted by Gasteiger charge is -2.23. The second-order valence-electron chi connectivity index (χ2n) is 7.17. The largest absolute Gasteiger partial charge is 0.464 e. The van der Waals surface area contributed by atoms with Gasteiger partial charge in [-0.05, 0) is 56.5 Å². The number of nitrogens with zero attached hydrogens (tertiary/aromatic N) is 1. The molecule has 0 radical (unpaired) electrons. The van der Waals surface area contributed by atoms with E-state index >= 15 is 0 Å². The van der Waals surface area contributed by atoms with Crippen LogP contribution in [0, 0.1) is 0 Å². The summed E-state index contributed by atoms with van der Waals surface area (Å²) < 4.78 is 12.2. The number of esters is 1. The predicted molar refractivity (Wildman–Crippen MR) is 119 cm³/mol. The van der Waals surface area contributed by atoms with Gasteiger partial charge in [-0.3, -0.25) is 13.9 Å². The highest BCUT2D eigenvalue weighted by Crippen LogP contribution is 2.30. The van der Waals surface area contributed by atoms with E-state index in [2.05, 4.69) is 5.32 Å². The SMILES string of the molecule is CCOC(=O)C(C)NC(=O)SN1C(=O)CC[C@@H]1Cc1ccc(Oc2ccccc2)cc1. The average Bonchev–Trinajstić information content (AvgIpc) is 3.09. The van der Waals surface area contributed by atoms with Crippen LogP contribution in [-0.4, -0.2) is 40.1 Å². The molecule has 1 saturated heterocycles. The quantitative estimate of drug-likeness (QED) is 0.484. The lowest BCUT2D eigenvalue weighted by atomic mass is 10.0. The molecule has 1 fully saturated rings. The van der Waals surface area contributed by atoms with Gasteiger partial charge in [0.1, 0.15) is 17.5 Å². The Hall–Kier alpha value is -3.00. The van der Waals surface area contributed by atoms with Gasteiger partial charge in [0.25, 0.3) is 0 Å². The fourth-order valence-electron chi connectivity index (χ4n) is 3.24. The highest BCUT2D eigenvalue weighted by Gasteiger charge is 2.34. The monoisotopic (exact) mass is 442 g/mol. The first-order valence-electron chi connectivity index (χ1n) is 10.2. The zero-order valence-corrected chi connectivity index (χ0v) is 18.4. The molecule has 1 aliphatic rings. The number of benzene rings is 2. The van der Waals surface area contributed by atoms with Gasteiger partial charge in [0.15, 0.2) is 0 Å². The Morgan fingerprint density at radius 1 is 1.13 bits per heavy atom. The van der Waals surface area contributed by atoms with Crippen molar-refractivity contribution in [3.05, 3.63) is 60.2 Å². The van der Waals surface area contributed by atoms with Crippen LogP contribution in [-0.2, 0) is 20.7 Å². The Bertz CT molecular complexity index is 904. The summed E-state index contributed by atoms with van der Waals surface area (Å²) in [5, 5.41) is 2.11. The van der Waals surface area contributed by atoms with Crippen LogP contribution in [0.25, 0.3) is 0 Å². The van der Waals surface area contributed by atoms with E-state index < -0.39 is 17.3 Å². The Morgan fingerprint density at radius 2 is 1.81 bits per heavy atom. The van der Waals surface area contributed by atoms with Gasteiger partial charge in [0.05, 0.1) is 18.6 Å². The zero-order chi connectivity index (χ0) is 22.2. The maximum Gasteiger partial charge on any atom is 0.328 e. The minimum Gasteiger partial charge on any atom is -0.464 e. The highest BCUT2D eigenvalue weighted by atomic mass is 32.2. The molecule has 0 spiro atoms. The Labute approximate surface area is 186 Å². The maximum atomic E-state index is 12.3. The number of ether oxygens (including phenoxy) is 2. The molecule has 2 aromatic rings. The Morgan fingerprint density at radius 3 is 2.48 bits per heavy atom. The van der Waals surface area contributed by atoms with Gasteiger partial charge in [0.2, 0.25) is 5.91 Å². The molecule has 1 unspecified atom stereocenters. The standard InChI is InChI=1S/C23H26N2O5S/c1-3-29-22(27)16(2)24-23(28)31-25-18(11-14-21(25)26)15-17-9-12-20(13-10-17)30-19-7-5-4-6-8-19/h4-10,12-13,16,18H,3,11,14-15H2,1-2H3,(H,24,28)/t16?,18-/m1/s1. The molecule has 8 heteroatoms. The van der Waals surface area contributed by atoms with Crippen LogP contribution in [0.15, 0.2) is 54.6 Å². The summed E-state index contributed by atoms with van der Waals surface area (Å²) in [5.41, 5.74) is 1.05. The minimum atomic E-state index is -0.770. The molecular formula is C23H26N2O5S. The summed E-state index contributed by atoms with van der Waals surface area (Å²) in [6.07, 6.45) is 1.70. The van der Waals surface area contributed by atoms with Crippen molar-refractivity contribution in [2.24, 2.45) is 0 Å². The third-order valence-electron chi connectivity index (χ3n) is 4.80. The van der Waals surface area contributed by atoms with Crippen molar-refractivity contribution in [3.63, 3.8) is 0 Å². The number of hydrogen-bond donors (Lipinski definition) is 1. The average molecular weight is 443 g/mol. The molecule has 31 heavy (non-hydrogen) atoms. The summed E-state index contributed by atoms with van der Waals surface area (Å²) in [4.78, 5) is 36.3.